The van der Waals surface area contributed by atoms with Crippen molar-refractivity contribution in [2.24, 2.45) is 5.92 Å². The number of amides is 3. The smallest absolute Gasteiger partial charge is 0.354 e. The molecular formula is C25H23ClN4O5. The summed E-state index contributed by atoms with van der Waals surface area (Å²) in [6.07, 6.45) is -0.216. The number of ether oxygens (including phenoxy) is 1. The standard InChI is InChI=1S/C25H23ClN4O5/c1-2-30-23(31)19(14-15-6-8-16(26)9-7-15)22(29-25(30)34)27-17-10-12-18(13-11-17)35-21-5-3-4-20(28-21)24(32)33/h3-13,19,22,27H,2,14H2,1H3,(H,29,34)(H,32,33). The third kappa shape index (κ3) is 5.70. The summed E-state index contributed by atoms with van der Waals surface area (Å²) in [6.45, 7) is 2.03. The number of imide groups is 1. The minimum Gasteiger partial charge on any atom is -0.477 e. The zero-order valence-corrected chi connectivity index (χ0v) is 19.5. The SMILES string of the molecule is CCN1C(=O)NC(Nc2ccc(Oc3cccc(C(=O)O)n3)cc2)C(Cc2ccc(Cl)cc2)C1=O. The number of carboxylic acid groups (broad SMARTS) is 1. The highest BCUT2D eigenvalue weighted by Crippen LogP contribution is 2.26. The topological polar surface area (TPSA) is 121 Å². The first-order chi connectivity index (χ1) is 16.8. The van der Waals surface area contributed by atoms with Crippen molar-refractivity contribution >= 4 is 35.2 Å². The van der Waals surface area contributed by atoms with Gasteiger partial charge >= 0.3 is 12.0 Å². The Morgan fingerprint density at radius 1 is 1.11 bits per heavy atom. The van der Waals surface area contributed by atoms with Gasteiger partial charge in [-0.15, -0.1) is 0 Å². The zero-order valence-electron chi connectivity index (χ0n) is 18.8. The molecule has 3 N–H and O–H groups in total. The normalized spacial score (nSPS) is 17.6. The number of aromatic nitrogens is 1. The first-order valence-electron chi connectivity index (χ1n) is 10.9. The molecule has 2 unspecified atom stereocenters. The summed E-state index contributed by atoms with van der Waals surface area (Å²) in [5, 5.41) is 15.8. The molecule has 2 atom stereocenters. The summed E-state index contributed by atoms with van der Waals surface area (Å²) in [4.78, 5) is 41.8. The number of carboxylic acids is 1. The summed E-state index contributed by atoms with van der Waals surface area (Å²) in [7, 11) is 0. The third-order valence-electron chi connectivity index (χ3n) is 5.54. The van der Waals surface area contributed by atoms with Crippen molar-refractivity contribution in [2.75, 3.05) is 11.9 Å². The number of carbonyl (C=O) groups excluding carboxylic acids is 2. The molecule has 0 bridgehead atoms. The lowest BCUT2D eigenvalue weighted by molar-refractivity contribution is -0.134. The van der Waals surface area contributed by atoms with E-state index in [0.717, 1.165) is 5.56 Å². The van der Waals surface area contributed by atoms with Gasteiger partial charge in [-0.1, -0.05) is 29.8 Å². The fourth-order valence-electron chi connectivity index (χ4n) is 3.78. The molecule has 1 fully saturated rings. The Morgan fingerprint density at radius 2 is 1.83 bits per heavy atom. The maximum atomic E-state index is 13.1. The number of hydrogen-bond donors (Lipinski definition) is 3. The summed E-state index contributed by atoms with van der Waals surface area (Å²) < 4.78 is 5.64. The van der Waals surface area contributed by atoms with Crippen LogP contribution in [-0.4, -0.2) is 45.6 Å². The van der Waals surface area contributed by atoms with E-state index in [0.29, 0.717) is 22.9 Å². The second kappa shape index (κ2) is 10.4. The van der Waals surface area contributed by atoms with Crippen LogP contribution in [0, 0.1) is 5.92 Å². The van der Waals surface area contributed by atoms with Crippen molar-refractivity contribution in [3.05, 3.63) is 83.0 Å². The molecule has 4 rings (SSSR count). The van der Waals surface area contributed by atoms with Gasteiger partial charge in [0.25, 0.3) is 0 Å². The lowest BCUT2D eigenvalue weighted by Crippen LogP contribution is -2.62. The number of rotatable bonds is 8. The second-order valence-electron chi connectivity index (χ2n) is 7.88. The van der Waals surface area contributed by atoms with Crippen LogP contribution in [0.2, 0.25) is 5.02 Å². The summed E-state index contributed by atoms with van der Waals surface area (Å²) in [6, 6.07) is 18.1. The van der Waals surface area contributed by atoms with E-state index in [1.54, 1.807) is 55.5 Å². The Bertz CT molecular complexity index is 1230. The van der Waals surface area contributed by atoms with E-state index in [4.69, 9.17) is 21.4 Å². The molecule has 1 aromatic heterocycles. The predicted molar refractivity (Wildman–Crippen MR) is 130 cm³/mol. The van der Waals surface area contributed by atoms with E-state index in [9.17, 15) is 14.4 Å². The van der Waals surface area contributed by atoms with E-state index < -0.39 is 24.1 Å². The van der Waals surface area contributed by atoms with Crippen LogP contribution in [0.15, 0.2) is 66.7 Å². The Morgan fingerprint density at radius 3 is 2.49 bits per heavy atom. The van der Waals surface area contributed by atoms with Gasteiger partial charge in [0, 0.05) is 23.3 Å². The minimum absolute atomic E-state index is 0.119. The molecule has 0 aliphatic carbocycles. The molecule has 1 saturated heterocycles. The van der Waals surface area contributed by atoms with Crippen molar-refractivity contribution in [1.29, 1.82) is 0 Å². The van der Waals surface area contributed by atoms with Crippen LogP contribution in [-0.2, 0) is 11.2 Å². The van der Waals surface area contributed by atoms with E-state index in [1.165, 1.54) is 11.0 Å². The molecular weight excluding hydrogens is 472 g/mol. The molecule has 9 nitrogen and oxygen atoms in total. The van der Waals surface area contributed by atoms with E-state index in [-0.39, 0.29) is 24.0 Å². The molecule has 0 spiro atoms. The number of nitrogens with one attached hydrogen (secondary N) is 2. The third-order valence-corrected chi connectivity index (χ3v) is 5.79. The van der Waals surface area contributed by atoms with E-state index >= 15 is 0 Å². The monoisotopic (exact) mass is 494 g/mol. The Balaban J connectivity index is 1.49. The van der Waals surface area contributed by atoms with Gasteiger partial charge in [0.15, 0.2) is 5.69 Å². The van der Waals surface area contributed by atoms with Gasteiger partial charge in [-0.3, -0.25) is 9.69 Å². The highest BCUT2D eigenvalue weighted by atomic mass is 35.5. The number of anilines is 1. The van der Waals surface area contributed by atoms with Gasteiger partial charge in [-0.05, 0) is 61.4 Å². The van der Waals surface area contributed by atoms with Crippen LogP contribution < -0.4 is 15.4 Å². The van der Waals surface area contributed by atoms with Gasteiger partial charge in [-0.2, -0.15) is 0 Å². The average molecular weight is 495 g/mol. The fraction of sp³-hybridized carbons (Fsp3) is 0.200. The maximum Gasteiger partial charge on any atom is 0.354 e. The molecule has 180 valence electrons. The summed E-state index contributed by atoms with van der Waals surface area (Å²) >= 11 is 5.98. The number of aromatic carboxylic acids is 1. The van der Waals surface area contributed by atoms with Crippen molar-refractivity contribution in [1.82, 2.24) is 15.2 Å². The van der Waals surface area contributed by atoms with Crippen molar-refractivity contribution in [3.63, 3.8) is 0 Å². The Kier molecular flexibility index (Phi) is 7.17. The van der Waals surface area contributed by atoms with Crippen LogP contribution in [0.3, 0.4) is 0 Å². The molecule has 2 aromatic carbocycles. The van der Waals surface area contributed by atoms with Gasteiger partial charge < -0.3 is 20.5 Å². The van der Waals surface area contributed by atoms with Gasteiger partial charge in [0.05, 0.1) is 5.92 Å². The number of pyridine rings is 1. The summed E-state index contributed by atoms with van der Waals surface area (Å²) in [5.74, 6) is -1.34. The van der Waals surface area contributed by atoms with Gasteiger partial charge in [0.1, 0.15) is 11.9 Å². The minimum atomic E-state index is -1.14. The molecule has 35 heavy (non-hydrogen) atoms. The number of carbonyl (C=O) groups is 3. The molecule has 1 aliphatic heterocycles. The van der Waals surface area contributed by atoms with Crippen molar-refractivity contribution in [3.8, 4) is 11.6 Å². The first-order valence-corrected chi connectivity index (χ1v) is 11.3. The molecule has 3 amide bonds. The van der Waals surface area contributed by atoms with E-state index in [1.807, 2.05) is 12.1 Å². The number of benzene rings is 2. The maximum absolute atomic E-state index is 13.1. The molecule has 0 saturated carbocycles. The molecule has 3 aromatic rings. The lowest BCUT2D eigenvalue weighted by atomic mass is 9.93. The number of halogens is 1. The van der Waals surface area contributed by atoms with Crippen LogP contribution >= 0.6 is 11.6 Å². The van der Waals surface area contributed by atoms with Crippen molar-refractivity contribution < 1.29 is 24.2 Å². The number of nitrogens with zero attached hydrogens (tertiary/aromatic N) is 2. The second-order valence-corrected chi connectivity index (χ2v) is 8.32. The Labute approximate surface area is 206 Å². The average Bonchev–Trinajstić information content (AvgIpc) is 2.84. The molecule has 2 heterocycles. The van der Waals surface area contributed by atoms with Crippen LogP contribution in [0.4, 0.5) is 10.5 Å². The van der Waals surface area contributed by atoms with Crippen molar-refractivity contribution in [2.45, 2.75) is 19.5 Å². The Hall–Kier alpha value is -4.11. The van der Waals surface area contributed by atoms with Crippen LogP contribution in [0.25, 0.3) is 0 Å². The largest absolute Gasteiger partial charge is 0.477 e. The van der Waals surface area contributed by atoms with Crippen LogP contribution in [0.5, 0.6) is 11.6 Å². The summed E-state index contributed by atoms with van der Waals surface area (Å²) in [5.41, 5.74) is 1.46. The highest BCUT2D eigenvalue weighted by molar-refractivity contribution is 6.30. The fourth-order valence-corrected chi connectivity index (χ4v) is 3.91. The molecule has 1 aliphatic rings. The van der Waals surface area contributed by atoms with Gasteiger partial charge in [0.2, 0.25) is 11.8 Å². The first kappa shape index (κ1) is 24.0. The lowest BCUT2D eigenvalue weighted by Gasteiger charge is -2.38. The predicted octanol–water partition coefficient (Wildman–Crippen LogP) is 4.39. The number of urea groups is 1. The quantitative estimate of drug-likeness (QED) is 0.424. The highest BCUT2D eigenvalue weighted by Gasteiger charge is 2.40. The van der Waals surface area contributed by atoms with E-state index in [2.05, 4.69) is 15.6 Å². The zero-order chi connectivity index (χ0) is 24.9. The molecule has 10 heteroatoms. The number of hydrogen-bond acceptors (Lipinski definition) is 6. The van der Waals surface area contributed by atoms with Gasteiger partial charge in [-0.25, -0.2) is 14.6 Å². The van der Waals surface area contributed by atoms with Crippen LogP contribution in [0.1, 0.15) is 23.0 Å². The molecule has 0 radical (unpaired) electrons.